The first-order valence-electron chi connectivity index (χ1n) is 7.83. The van der Waals surface area contributed by atoms with Gasteiger partial charge in [-0.3, -0.25) is 0 Å². The number of aromatic nitrogens is 1. The van der Waals surface area contributed by atoms with Crippen molar-refractivity contribution in [3.63, 3.8) is 0 Å². The van der Waals surface area contributed by atoms with Crippen molar-refractivity contribution >= 4 is 10.8 Å². The predicted molar refractivity (Wildman–Crippen MR) is 97.4 cm³/mol. The van der Waals surface area contributed by atoms with Crippen LogP contribution in [0.2, 0.25) is 0 Å². The second-order valence-corrected chi connectivity index (χ2v) is 5.81. The summed E-state index contributed by atoms with van der Waals surface area (Å²) in [7, 11) is 0. The Balaban J connectivity index is 2.02. The maximum Gasteiger partial charge on any atom is 0.0787 e. The monoisotopic (exact) mass is 295 g/mol. The topological polar surface area (TPSA) is 12.9 Å². The molecule has 0 aliphatic rings. The zero-order valence-electron chi connectivity index (χ0n) is 13.0. The van der Waals surface area contributed by atoms with Gasteiger partial charge in [0.25, 0.3) is 0 Å². The molecule has 0 aliphatic heterocycles. The van der Waals surface area contributed by atoms with Crippen molar-refractivity contribution in [1.82, 2.24) is 4.98 Å². The lowest BCUT2D eigenvalue weighted by Gasteiger charge is -2.10. The third-order valence-corrected chi connectivity index (χ3v) is 4.10. The fourth-order valence-corrected chi connectivity index (χ4v) is 2.97. The molecule has 0 atom stereocenters. The highest BCUT2D eigenvalue weighted by atomic mass is 14.7. The molecule has 1 heterocycles. The maximum absolute atomic E-state index is 4.98. The standard InChI is InChI=1S/C22H17N/c1-16-8-7-12-19(14-16)22-20-13-6-5-11-18(20)15-21(23-22)17-9-3-2-4-10-17/h2-15H,1H3. The number of hydrogen-bond donors (Lipinski definition) is 0. The van der Waals surface area contributed by atoms with Gasteiger partial charge in [0.15, 0.2) is 0 Å². The zero-order chi connectivity index (χ0) is 15.6. The van der Waals surface area contributed by atoms with Crippen molar-refractivity contribution in [3.8, 4) is 22.5 Å². The van der Waals surface area contributed by atoms with Gasteiger partial charge in [0.2, 0.25) is 0 Å². The van der Waals surface area contributed by atoms with Gasteiger partial charge in [-0.05, 0) is 24.4 Å². The lowest BCUT2D eigenvalue weighted by molar-refractivity contribution is 1.34. The molecule has 0 spiro atoms. The van der Waals surface area contributed by atoms with Gasteiger partial charge in [0.1, 0.15) is 0 Å². The van der Waals surface area contributed by atoms with Crippen LogP contribution in [-0.4, -0.2) is 4.98 Å². The van der Waals surface area contributed by atoms with Crippen LogP contribution in [0.25, 0.3) is 33.3 Å². The summed E-state index contributed by atoms with van der Waals surface area (Å²) in [5.41, 5.74) is 5.62. The molecule has 0 unspecified atom stereocenters. The molecule has 0 N–H and O–H groups in total. The molecule has 1 heteroatoms. The Bertz CT molecular complexity index is 971. The summed E-state index contributed by atoms with van der Waals surface area (Å²) in [6, 6.07) is 29.5. The van der Waals surface area contributed by atoms with Gasteiger partial charge in [0.05, 0.1) is 11.4 Å². The number of pyridine rings is 1. The molecular formula is C22H17N. The Morgan fingerprint density at radius 1 is 0.652 bits per heavy atom. The van der Waals surface area contributed by atoms with Crippen LogP contribution in [0.5, 0.6) is 0 Å². The normalized spacial score (nSPS) is 10.8. The molecule has 0 saturated carbocycles. The van der Waals surface area contributed by atoms with Crippen molar-refractivity contribution in [2.75, 3.05) is 0 Å². The molecule has 4 rings (SSSR count). The van der Waals surface area contributed by atoms with Crippen LogP contribution in [0.1, 0.15) is 5.56 Å². The maximum atomic E-state index is 4.98. The highest BCUT2D eigenvalue weighted by Crippen LogP contribution is 2.31. The molecule has 1 nitrogen and oxygen atoms in total. The summed E-state index contributed by atoms with van der Waals surface area (Å²) in [5.74, 6) is 0. The Morgan fingerprint density at radius 2 is 1.39 bits per heavy atom. The van der Waals surface area contributed by atoms with Gasteiger partial charge in [-0.15, -0.1) is 0 Å². The first-order chi connectivity index (χ1) is 11.3. The highest BCUT2D eigenvalue weighted by molar-refractivity contribution is 5.96. The Kier molecular flexibility index (Phi) is 3.39. The Hall–Kier alpha value is -2.93. The molecule has 0 bridgehead atoms. The van der Waals surface area contributed by atoms with Gasteiger partial charge in [-0.2, -0.15) is 0 Å². The van der Waals surface area contributed by atoms with Crippen molar-refractivity contribution in [2.24, 2.45) is 0 Å². The van der Waals surface area contributed by atoms with Crippen molar-refractivity contribution in [1.29, 1.82) is 0 Å². The van der Waals surface area contributed by atoms with E-state index in [0.29, 0.717) is 0 Å². The van der Waals surface area contributed by atoms with Crippen molar-refractivity contribution < 1.29 is 0 Å². The molecule has 3 aromatic carbocycles. The molecule has 0 aliphatic carbocycles. The minimum absolute atomic E-state index is 1.01. The minimum Gasteiger partial charge on any atom is -0.247 e. The van der Waals surface area contributed by atoms with Gasteiger partial charge >= 0.3 is 0 Å². The third-order valence-electron chi connectivity index (χ3n) is 4.10. The van der Waals surface area contributed by atoms with Gasteiger partial charge < -0.3 is 0 Å². The van der Waals surface area contributed by atoms with E-state index in [9.17, 15) is 0 Å². The van der Waals surface area contributed by atoms with E-state index in [1.165, 1.54) is 21.9 Å². The van der Waals surface area contributed by atoms with E-state index in [-0.39, 0.29) is 0 Å². The highest BCUT2D eigenvalue weighted by Gasteiger charge is 2.09. The van der Waals surface area contributed by atoms with E-state index in [1.54, 1.807) is 0 Å². The molecule has 0 radical (unpaired) electrons. The smallest absolute Gasteiger partial charge is 0.0787 e. The largest absolute Gasteiger partial charge is 0.247 e. The van der Waals surface area contributed by atoms with Gasteiger partial charge in [0, 0.05) is 16.5 Å². The summed E-state index contributed by atoms with van der Waals surface area (Å²) in [4.78, 5) is 4.98. The zero-order valence-corrected chi connectivity index (χ0v) is 13.0. The average Bonchev–Trinajstić information content (AvgIpc) is 2.61. The summed E-state index contributed by atoms with van der Waals surface area (Å²) >= 11 is 0. The average molecular weight is 295 g/mol. The van der Waals surface area contributed by atoms with E-state index in [4.69, 9.17) is 4.98 Å². The number of rotatable bonds is 2. The first-order valence-corrected chi connectivity index (χ1v) is 7.83. The van der Waals surface area contributed by atoms with Crippen LogP contribution in [-0.2, 0) is 0 Å². The van der Waals surface area contributed by atoms with Gasteiger partial charge in [-0.25, -0.2) is 4.98 Å². The van der Waals surface area contributed by atoms with Crippen LogP contribution in [0.15, 0.2) is 84.9 Å². The predicted octanol–water partition coefficient (Wildman–Crippen LogP) is 5.88. The summed E-state index contributed by atoms with van der Waals surface area (Å²) in [6.45, 7) is 2.12. The SMILES string of the molecule is Cc1cccc(-c2nc(-c3ccccc3)cc3ccccc23)c1. The molecule has 4 aromatic rings. The van der Waals surface area contributed by atoms with Crippen molar-refractivity contribution in [2.45, 2.75) is 6.92 Å². The van der Waals surface area contributed by atoms with Crippen LogP contribution in [0.3, 0.4) is 0 Å². The summed E-state index contributed by atoms with van der Waals surface area (Å²) in [5, 5.41) is 2.41. The van der Waals surface area contributed by atoms with E-state index in [2.05, 4.69) is 85.8 Å². The van der Waals surface area contributed by atoms with E-state index in [1.807, 2.05) is 6.07 Å². The van der Waals surface area contributed by atoms with Crippen LogP contribution in [0, 0.1) is 6.92 Å². The molecule has 0 amide bonds. The number of benzene rings is 3. The summed E-state index contributed by atoms with van der Waals surface area (Å²) < 4.78 is 0. The van der Waals surface area contributed by atoms with E-state index < -0.39 is 0 Å². The summed E-state index contributed by atoms with van der Waals surface area (Å²) in [6.07, 6.45) is 0. The number of fused-ring (bicyclic) bond motifs is 1. The number of nitrogens with zero attached hydrogens (tertiary/aromatic N) is 1. The Morgan fingerprint density at radius 3 is 2.22 bits per heavy atom. The molecule has 0 saturated heterocycles. The number of hydrogen-bond acceptors (Lipinski definition) is 1. The van der Waals surface area contributed by atoms with Crippen LogP contribution in [0.4, 0.5) is 0 Å². The second-order valence-electron chi connectivity index (χ2n) is 5.81. The number of aryl methyl sites for hydroxylation is 1. The molecule has 1 aromatic heterocycles. The lowest BCUT2D eigenvalue weighted by atomic mass is 10.00. The fourth-order valence-electron chi connectivity index (χ4n) is 2.97. The molecule has 23 heavy (non-hydrogen) atoms. The first kappa shape index (κ1) is 13.7. The van der Waals surface area contributed by atoms with E-state index in [0.717, 1.165) is 17.0 Å². The second kappa shape index (κ2) is 5.69. The minimum atomic E-state index is 1.01. The molecule has 0 fully saturated rings. The molecular weight excluding hydrogens is 278 g/mol. The van der Waals surface area contributed by atoms with E-state index >= 15 is 0 Å². The lowest BCUT2D eigenvalue weighted by Crippen LogP contribution is -1.91. The van der Waals surface area contributed by atoms with Crippen LogP contribution >= 0.6 is 0 Å². The molecule has 110 valence electrons. The van der Waals surface area contributed by atoms with Gasteiger partial charge in [-0.1, -0.05) is 78.4 Å². The Labute approximate surface area is 136 Å². The van der Waals surface area contributed by atoms with Crippen LogP contribution < -0.4 is 0 Å². The quantitative estimate of drug-likeness (QED) is 0.450. The van der Waals surface area contributed by atoms with Crippen molar-refractivity contribution in [3.05, 3.63) is 90.5 Å². The fraction of sp³-hybridized carbons (Fsp3) is 0.0455. The third kappa shape index (κ3) is 2.62.